The summed E-state index contributed by atoms with van der Waals surface area (Å²) in [6.07, 6.45) is 6.99. The Bertz CT molecular complexity index is 1050. The first-order valence-electron chi connectivity index (χ1n) is 12.8. The number of rotatable bonds is 9. The smallest absolute Gasteiger partial charge is 0.119 e. The summed E-state index contributed by atoms with van der Waals surface area (Å²) < 4.78 is 11.9. The van der Waals surface area contributed by atoms with Gasteiger partial charge in [0.1, 0.15) is 5.75 Å². The van der Waals surface area contributed by atoms with Crippen LogP contribution in [0, 0.1) is 5.92 Å². The summed E-state index contributed by atoms with van der Waals surface area (Å²) in [5.74, 6) is 1.48. The fourth-order valence-electron chi connectivity index (χ4n) is 6.41. The minimum absolute atomic E-state index is 0.0894. The van der Waals surface area contributed by atoms with Crippen LogP contribution < -0.4 is 10.1 Å². The second-order valence-electron chi connectivity index (χ2n) is 10.2. The molecule has 1 aliphatic carbocycles. The standard InChI is InChI=1S/C31H37NO2/c1-33-29-14-8-13-27(21-29)30-17-16-28(23-34-22-26-11-6-3-7-12-26)31(24-30,32-20-19-30)18-15-25-9-4-2-5-10-25/h2-14,21,28,32H,15-20,22-24H2,1H3. The van der Waals surface area contributed by atoms with Crippen molar-refractivity contribution in [2.24, 2.45) is 5.92 Å². The summed E-state index contributed by atoms with van der Waals surface area (Å²) in [6, 6.07) is 30.3. The SMILES string of the molecule is COc1cccc(C23CCNC(CCc4ccccc4)(C2)C(COCc2ccccc2)CC3)c1. The molecule has 2 bridgehead atoms. The fourth-order valence-corrected chi connectivity index (χ4v) is 6.41. The Morgan fingerprint density at radius 2 is 1.65 bits per heavy atom. The number of fused-ring (bicyclic) bond motifs is 2. The number of aryl methyl sites for hydroxylation is 1. The number of nitrogens with one attached hydrogen (secondary N) is 1. The lowest BCUT2D eigenvalue weighted by Gasteiger charge is -2.57. The van der Waals surface area contributed by atoms with Gasteiger partial charge in [-0.25, -0.2) is 0 Å². The topological polar surface area (TPSA) is 30.5 Å². The zero-order chi connectivity index (χ0) is 23.3. The number of methoxy groups -OCH3 is 1. The first-order valence-corrected chi connectivity index (χ1v) is 12.8. The van der Waals surface area contributed by atoms with Crippen LogP contribution in [0.4, 0.5) is 0 Å². The van der Waals surface area contributed by atoms with Gasteiger partial charge in [0.25, 0.3) is 0 Å². The summed E-state index contributed by atoms with van der Waals surface area (Å²) >= 11 is 0. The molecule has 0 radical (unpaired) electrons. The van der Waals surface area contributed by atoms with Gasteiger partial charge in [0.05, 0.1) is 20.3 Å². The van der Waals surface area contributed by atoms with Gasteiger partial charge in [-0.05, 0) is 79.3 Å². The average molecular weight is 456 g/mol. The first-order chi connectivity index (χ1) is 16.7. The molecular formula is C31H37NO2. The van der Waals surface area contributed by atoms with Crippen LogP contribution in [-0.4, -0.2) is 25.8 Å². The highest BCUT2D eigenvalue weighted by atomic mass is 16.5. The van der Waals surface area contributed by atoms with Crippen molar-refractivity contribution in [2.75, 3.05) is 20.3 Å². The second-order valence-corrected chi connectivity index (χ2v) is 10.2. The number of hydrogen-bond acceptors (Lipinski definition) is 3. The van der Waals surface area contributed by atoms with Gasteiger partial charge in [-0.1, -0.05) is 72.8 Å². The highest BCUT2D eigenvalue weighted by Crippen LogP contribution is 2.53. The van der Waals surface area contributed by atoms with Crippen LogP contribution in [0.5, 0.6) is 5.75 Å². The van der Waals surface area contributed by atoms with Crippen molar-refractivity contribution >= 4 is 0 Å². The first kappa shape index (κ1) is 23.1. The number of piperidine rings is 1. The predicted octanol–water partition coefficient (Wildman–Crippen LogP) is 6.31. The van der Waals surface area contributed by atoms with Gasteiger partial charge in [-0.15, -0.1) is 0 Å². The van der Waals surface area contributed by atoms with Crippen molar-refractivity contribution in [2.45, 2.75) is 56.1 Å². The Labute approximate surface area is 204 Å². The maximum atomic E-state index is 6.34. The molecule has 3 unspecified atom stereocenters. The van der Waals surface area contributed by atoms with Gasteiger partial charge in [0.2, 0.25) is 0 Å². The van der Waals surface area contributed by atoms with E-state index >= 15 is 0 Å². The molecule has 3 heteroatoms. The Morgan fingerprint density at radius 1 is 0.882 bits per heavy atom. The summed E-state index contributed by atoms with van der Waals surface area (Å²) in [5.41, 5.74) is 4.42. The molecule has 0 amide bonds. The number of benzene rings is 3. The quantitative estimate of drug-likeness (QED) is 0.410. The normalized spacial score (nSPS) is 26.2. The molecule has 1 heterocycles. The van der Waals surface area contributed by atoms with E-state index in [2.05, 4.69) is 90.2 Å². The van der Waals surface area contributed by atoms with Gasteiger partial charge in [-0.3, -0.25) is 0 Å². The summed E-state index contributed by atoms with van der Waals surface area (Å²) in [4.78, 5) is 0. The third-order valence-corrected chi connectivity index (χ3v) is 8.30. The lowest BCUT2D eigenvalue weighted by molar-refractivity contribution is -0.0213. The summed E-state index contributed by atoms with van der Waals surface area (Å²) in [6.45, 7) is 2.55. The van der Waals surface area contributed by atoms with E-state index in [1.54, 1.807) is 7.11 Å². The maximum Gasteiger partial charge on any atom is 0.119 e. The van der Waals surface area contributed by atoms with Crippen molar-refractivity contribution in [3.63, 3.8) is 0 Å². The van der Waals surface area contributed by atoms with Gasteiger partial charge in [0, 0.05) is 11.5 Å². The van der Waals surface area contributed by atoms with Crippen LogP contribution in [0.25, 0.3) is 0 Å². The van der Waals surface area contributed by atoms with Gasteiger partial charge < -0.3 is 14.8 Å². The minimum atomic E-state index is 0.0894. The van der Waals surface area contributed by atoms with Crippen LogP contribution in [0.3, 0.4) is 0 Å². The third kappa shape index (κ3) is 4.92. The van der Waals surface area contributed by atoms with Crippen molar-refractivity contribution in [1.82, 2.24) is 5.32 Å². The molecule has 0 aromatic heterocycles. The Hall–Kier alpha value is -2.62. The highest BCUT2D eigenvalue weighted by molar-refractivity contribution is 5.36. The molecule has 0 spiro atoms. The molecule has 3 atom stereocenters. The lowest BCUT2D eigenvalue weighted by atomic mass is 9.54. The van der Waals surface area contributed by atoms with Gasteiger partial charge in [-0.2, -0.15) is 0 Å². The molecule has 1 saturated carbocycles. The maximum absolute atomic E-state index is 6.34. The summed E-state index contributed by atoms with van der Waals surface area (Å²) in [5, 5.41) is 4.04. The van der Waals surface area contributed by atoms with E-state index in [4.69, 9.17) is 9.47 Å². The second kappa shape index (κ2) is 10.3. The average Bonchev–Trinajstić information content (AvgIpc) is 2.90. The van der Waals surface area contributed by atoms with Crippen LogP contribution >= 0.6 is 0 Å². The molecule has 178 valence electrons. The van der Waals surface area contributed by atoms with Crippen molar-refractivity contribution < 1.29 is 9.47 Å². The molecule has 3 aromatic carbocycles. The zero-order valence-corrected chi connectivity index (χ0v) is 20.3. The largest absolute Gasteiger partial charge is 0.497 e. The van der Waals surface area contributed by atoms with Crippen LogP contribution in [0.1, 0.15) is 48.8 Å². The fraction of sp³-hybridized carbons (Fsp3) is 0.419. The molecule has 1 N–H and O–H groups in total. The van der Waals surface area contributed by atoms with E-state index in [1.165, 1.54) is 42.4 Å². The van der Waals surface area contributed by atoms with E-state index in [9.17, 15) is 0 Å². The van der Waals surface area contributed by atoms with E-state index < -0.39 is 0 Å². The highest BCUT2D eigenvalue weighted by Gasteiger charge is 2.52. The van der Waals surface area contributed by atoms with E-state index in [-0.39, 0.29) is 11.0 Å². The Kier molecular flexibility index (Phi) is 7.03. The van der Waals surface area contributed by atoms with Crippen LogP contribution in [0.2, 0.25) is 0 Å². The molecular weight excluding hydrogens is 418 g/mol. The van der Waals surface area contributed by atoms with Crippen molar-refractivity contribution in [3.8, 4) is 5.75 Å². The van der Waals surface area contributed by atoms with Crippen molar-refractivity contribution in [3.05, 3.63) is 102 Å². The van der Waals surface area contributed by atoms with Crippen molar-refractivity contribution in [1.29, 1.82) is 0 Å². The molecule has 34 heavy (non-hydrogen) atoms. The molecule has 2 fully saturated rings. The Morgan fingerprint density at radius 3 is 2.41 bits per heavy atom. The van der Waals surface area contributed by atoms with Gasteiger partial charge >= 0.3 is 0 Å². The molecule has 1 saturated heterocycles. The zero-order valence-electron chi connectivity index (χ0n) is 20.3. The molecule has 3 aromatic rings. The van der Waals surface area contributed by atoms with Gasteiger partial charge in [0.15, 0.2) is 0 Å². The van der Waals surface area contributed by atoms with E-state index in [1.807, 2.05) is 0 Å². The molecule has 2 aliphatic rings. The predicted molar refractivity (Wildman–Crippen MR) is 138 cm³/mol. The number of hydrogen-bond donors (Lipinski definition) is 1. The third-order valence-electron chi connectivity index (χ3n) is 8.30. The molecule has 1 aliphatic heterocycles. The molecule has 3 nitrogen and oxygen atoms in total. The minimum Gasteiger partial charge on any atom is -0.497 e. The molecule has 5 rings (SSSR count). The van der Waals surface area contributed by atoms with Crippen LogP contribution in [-0.2, 0) is 23.2 Å². The van der Waals surface area contributed by atoms with Crippen LogP contribution in [0.15, 0.2) is 84.9 Å². The van der Waals surface area contributed by atoms with E-state index in [0.29, 0.717) is 12.5 Å². The monoisotopic (exact) mass is 455 g/mol. The summed E-state index contributed by atoms with van der Waals surface area (Å²) in [7, 11) is 1.77. The number of ether oxygens (including phenoxy) is 2. The van der Waals surface area contributed by atoms with E-state index in [0.717, 1.165) is 31.7 Å². The Balaban J connectivity index is 1.38. The lowest BCUT2D eigenvalue weighted by Crippen LogP contribution is -2.64.